The van der Waals surface area contributed by atoms with Crippen LogP contribution in [-0.4, -0.2) is 62.2 Å². The van der Waals surface area contributed by atoms with Gasteiger partial charge in [-0.2, -0.15) is 0 Å². The van der Waals surface area contributed by atoms with Crippen molar-refractivity contribution in [2.24, 2.45) is 0 Å². The van der Waals surface area contributed by atoms with Crippen LogP contribution in [-0.2, 0) is 9.47 Å². The molecule has 0 aromatic heterocycles. The molecule has 4 heteroatoms. The standard InChI is InChI=1S/C14H29NO3/c1-13(11-18-3)15(9-10-17-2)12-14(16)7-5-4-6-8-14/h13,16H,4-12H2,1-3H3. The molecule has 108 valence electrons. The Hall–Kier alpha value is -0.160. The van der Waals surface area contributed by atoms with Crippen molar-refractivity contribution in [2.75, 3.05) is 40.5 Å². The van der Waals surface area contributed by atoms with E-state index in [1.54, 1.807) is 14.2 Å². The van der Waals surface area contributed by atoms with Gasteiger partial charge in [-0.25, -0.2) is 0 Å². The van der Waals surface area contributed by atoms with E-state index in [2.05, 4.69) is 11.8 Å². The predicted octanol–water partition coefficient (Wildman–Crippen LogP) is 1.66. The monoisotopic (exact) mass is 259 g/mol. The highest BCUT2D eigenvalue weighted by Gasteiger charge is 2.32. The molecule has 0 heterocycles. The van der Waals surface area contributed by atoms with Gasteiger partial charge in [-0.3, -0.25) is 4.90 Å². The molecule has 0 saturated heterocycles. The number of methoxy groups -OCH3 is 2. The van der Waals surface area contributed by atoms with Gasteiger partial charge in [0, 0.05) is 33.4 Å². The van der Waals surface area contributed by atoms with E-state index in [1.807, 2.05) is 0 Å². The zero-order chi connectivity index (χ0) is 13.4. The lowest BCUT2D eigenvalue weighted by molar-refractivity contribution is -0.0459. The van der Waals surface area contributed by atoms with Crippen molar-refractivity contribution < 1.29 is 14.6 Å². The Labute approximate surface area is 111 Å². The average molecular weight is 259 g/mol. The zero-order valence-electron chi connectivity index (χ0n) is 12.2. The fourth-order valence-electron chi connectivity index (χ4n) is 2.76. The van der Waals surface area contributed by atoms with Crippen molar-refractivity contribution in [1.82, 2.24) is 4.90 Å². The van der Waals surface area contributed by atoms with Crippen LogP contribution in [0.2, 0.25) is 0 Å². The summed E-state index contributed by atoms with van der Waals surface area (Å²) < 4.78 is 10.4. The molecular weight excluding hydrogens is 230 g/mol. The topological polar surface area (TPSA) is 41.9 Å². The summed E-state index contributed by atoms with van der Waals surface area (Å²) >= 11 is 0. The molecule has 1 unspecified atom stereocenters. The van der Waals surface area contributed by atoms with E-state index in [9.17, 15) is 5.11 Å². The summed E-state index contributed by atoms with van der Waals surface area (Å²) in [5, 5.41) is 10.6. The van der Waals surface area contributed by atoms with Crippen LogP contribution in [0.15, 0.2) is 0 Å². The van der Waals surface area contributed by atoms with Gasteiger partial charge in [-0.05, 0) is 19.8 Å². The SMILES string of the molecule is COCCN(CC1(O)CCCCC1)C(C)COC. The summed E-state index contributed by atoms with van der Waals surface area (Å²) in [7, 11) is 3.44. The highest BCUT2D eigenvalue weighted by atomic mass is 16.5. The minimum atomic E-state index is -0.506. The largest absolute Gasteiger partial charge is 0.389 e. The number of nitrogens with zero attached hydrogens (tertiary/aromatic N) is 1. The molecular formula is C14H29NO3. The van der Waals surface area contributed by atoms with Gasteiger partial charge in [0.2, 0.25) is 0 Å². The van der Waals surface area contributed by atoms with Crippen molar-refractivity contribution >= 4 is 0 Å². The van der Waals surface area contributed by atoms with Crippen LogP contribution < -0.4 is 0 Å². The normalized spacial score (nSPS) is 21.2. The fraction of sp³-hybridized carbons (Fsp3) is 1.00. The van der Waals surface area contributed by atoms with E-state index < -0.39 is 5.60 Å². The Morgan fingerprint density at radius 2 is 1.83 bits per heavy atom. The first-order valence-electron chi connectivity index (χ1n) is 7.05. The first-order valence-corrected chi connectivity index (χ1v) is 7.05. The minimum absolute atomic E-state index is 0.316. The third kappa shape index (κ3) is 5.22. The molecule has 1 N–H and O–H groups in total. The van der Waals surface area contributed by atoms with E-state index in [-0.39, 0.29) is 0 Å². The molecule has 0 amide bonds. The van der Waals surface area contributed by atoms with Crippen molar-refractivity contribution in [3.63, 3.8) is 0 Å². The van der Waals surface area contributed by atoms with E-state index in [1.165, 1.54) is 6.42 Å². The lowest BCUT2D eigenvalue weighted by atomic mass is 9.84. The number of rotatable bonds is 8. The zero-order valence-corrected chi connectivity index (χ0v) is 12.2. The van der Waals surface area contributed by atoms with Crippen LogP contribution in [0.1, 0.15) is 39.0 Å². The molecule has 18 heavy (non-hydrogen) atoms. The van der Waals surface area contributed by atoms with Crippen LogP contribution >= 0.6 is 0 Å². The number of hydrogen-bond donors (Lipinski definition) is 1. The molecule has 1 aliphatic carbocycles. The lowest BCUT2D eigenvalue weighted by Gasteiger charge is -2.39. The molecule has 0 bridgehead atoms. The van der Waals surface area contributed by atoms with E-state index in [0.29, 0.717) is 19.3 Å². The van der Waals surface area contributed by atoms with Crippen molar-refractivity contribution in [1.29, 1.82) is 0 Å². The maximum atomic E-state index is 10.6. The van der Waals surface area contributed by atoms with Crippen LogP contribution in [0, 0.1) is 0 Å². The van der Waals surface area contributed by atoms with Gasteiger partial charge in [0.15, 0.2) is 0 Å². The molecule has 4 nitrogen and oxygen atoms in total. The number of hydrogen-bond acceptors (Lipinski definition) is 4. The quantitative estimate of drug-likeness (QED) is 0.720. The van der Waals surface area contributed by atoms with E-state index in [4.69, 9.17) is 9.47 Å². The third-order valence-electron chi connectivity index (χ3n) is 3.90. The summed E-state index contributed by atoms with van der Waals surface area (Å²) in [6.07, 6.45) is 5.40. The summed E-state index contributed by atoms with van der Waals surface area (Å²) in [5.41, 5.74) is -0.506. The van der Waals surface area contributed by atoms with Gasteiger partial charge in [0.25, 0.3) is 0 Å². The molecule has 0 spiro atoms. The van der Waals surface area contributed by atoms with Crippen LogP contribution in [0.4, 0.5) is 0 Å². The second kappa shape index (κ2) is 8.10. The number of ether oxygens (including phenoxy) is 2. The molecule has 1 saturated carbocycles. The van der Waals surface area contributed by atoms with Gasteiger partial charge in [-0.1, -0.05) is 19.3 Å². The van der Waals surface area contributed by atoms with Gasteiger partial charge >= 0.3 is 0 Å². The highest BCUT2D eigenvalue weighted by molar-refractivity contribution is 4.87. The fourth-order valence-corrected chi connectivity index (χ4v) is 2.76. The molecule has 1 rings (SSSR count). The van der Waals surface area contributed by atoms with Crippen molar-refractivity contribution in [3.05, 3.63) is 0 Å². The summed E-state index contributed by atoms with van der Waals surface area (Å²) in [6, 6.07) is 0.316. The smallest absolute Gasteiger partial charge is 0.0774 e. The summed E-state index contributed by atoms with van der Waals surface area (Å²) in [5.74, 6) is 0. The van der Waals surface area contributed by atoms with Gasteiger partial charge in [0.05, 0.1) is 18.8 Å². The van der Waals surface area contributed by atoms with Gasteiger partial charge in [-0.15, -0.1) is 0 Å². The maximum Gasteiger partial charge on any atom is 0.0774 e. The summed E-state index contributed by atoms with van der Waals surface area (Å²) in [4.78, 5) is 2.29. The minimum Gasteiger partial charge on any atom is -0.389 e. The van der Waals surface area contributed by atoms with Gasteiger partial charge < -0.3 is 14.6 Å². The van der Waals surface area contributed by atoms with Crippen LogP contribution in [0.3, 0.4) is 0 Å². The second-order valence-corrected chi connectivity index (χ2v) is 5.55. The third-order valence-corrected chi connectivity index (χ3v) is 3.90. The first kappa shape index (κ1) is 15.9. The highest BCUT2D eigenvalue weighted by Crippen LogP contribution is 2.29. The first-order chi connectivity index (χ1) is 8.61. The molecule has 1 atom stereocenters. The average Bonchev–Trinajstić information content (AvgIpc) is 2.35. The Kier molecular flexibility index (Phi) is 7.15. The summed E-state index contributed by atoms with van der Waals surface area (Å²) in [6.45, 7) is 5.12. The number of aliphatic hydroxyl groups is 1. The molecule has 1 aliphatic rings. The predicted molar refractivity (Wildman–Crippen MR) is 72.8 cm³/mol. The van der Waals surface area contributed by atoms with E-state index in [0.717, 1.165) is 38.8 Å². The Morgan fingerprint density at radius 1 is 1.17 bits per heavy atom. The van der Waals surface area contributed by atoms with Gasteiger partial charge in [0.1, 0.15) is 0 Å². The Balaban J connectivity index is 2.52. The van der Waals surface area contributed by atoms with Crippen molar-refractivity contribution in [2.45, 2.75) is 50.7 Å². The maximum absolute atomic E-state index is 10.6. The molecule has 0 radical (unpaired) electrons. The second-order valence-electron chi connectivity index (χ2n) is 5.55. The molecule has 0 aromatic carbocycles. The Bertz CT molecular complexity index is 217. The molecule has 1 fully saturated rings. The molecule has 0 aromatic rings. The lowest BCUT2D eigenvalue weighted by Crippen LogP contribution is -2.49. The Morgan fingerprint density at radius 3 is 2.39 bits per heavy atom. The molecule has 0 aliphatic heterocycles. The van der Waals surface area contributed by atoms with Crippen molar-refractivity contribution in [3.8, 4) is 0 Å². The van der Waals surface area contributed by atoms with Crippen LogP contribution in [0.5, 0.6) is 0 Å². The van der Waals surface area contributed by atoms with Crippen LogP contribution in [0.25, 0.3) is 0 Å². The van der Waals surface area contributed by atoms with E-state index >= 15 is 0 Å².